The van der Waals surface area contributed by atoms with E-state index >= 15 is 0 Å². The van der Waals surface area contributed by atoms with Gasteiger partial charge in [-0.05, 0) is 30.7 Å². The van der Waals surface area contributed by atoms with E-state index in [2.05, 4.69) is 21.1 Å². The molecule has 0 saturated heterocycles. The fourth-order valence-electron chi connectivity index (χ4n) is 2.18. The molecule has 2 rings (SSSR count). The number of anilines is 1. The topological polar surface area (TPSA) is 57.9 Å². The minimum Gasteiger partial charge on any atom is -0.404 e. The van der Waals surface area contributed by atoms with Crippen LogP contribution in [-0.4, -0.2) is 11.3 Å². The van der Waals surface area contributed by atoms with Gasteiger partial charge in [-0.1, -0.05) is 24.6 Å². The predicted octanol–water partition coefficient (Wildman–Crippen LogP) is 4.87. The van der Waals surface area contributed by atoms with Crippen LogP contribution in [0.15, 0.2) is 42.7 Å². The molecule has 0 radical (unpaired) electrons. The average Bonchev–Trinajstić information content (AvgIpc) is 2.55. The number of pyridine rings is 1. The third-order valence-corrected chi connectivity index (χ3v) is 3.69. The van der Waals surface area contributed by atoms with Crippen LogP contribution in [0.5, 0.6) is 5.75 Å². The summed E-state index contributed by atoms with van der Waals surface area (Å²) >= 11 is 5.84. The maximum atomic E-state index is 12.3. The first-order valence-electron chi connectivity index (χ1n) is 6.95. The molecule has 0 aliphatic carbocycles. The molecule has 1 N–H and O–H groups in total. The minimum atomic E-state index is -4.83. The van der Waals surface area contributed by atoms with Crippen LogP contribution in [0.25, 0.3) is 0 Å². The predicted molar refractivity (Wildman–Crippen MR) is 83.6 cm³/mol. The first-order chi connectivity index (χ1) is 11.3. The Bertz CT molecular complexity index is 746. The molecule has 0 fully saturated rings. The number of rotatable bonds is 5. The number of nitriles is 1. The first-order valence-corrected chi connectivity index (χ1v) is 7.32. The van der Waals surface area contributed by atoms with E-state index in [1.165, 1.54) is 12.1 Å². The van der Waals surface area contributed by atoms with Gasteiger partial charge in [0, 0.05) is 23.6 Å². The second kappa shape index (κ2) is 6.97. The van der Waals surface area contributed by atoms with Gasteiger partial charge in [0.2, 0.25) is 0 Å². The van der Waals surface area contributed by atoms with Gasteiger partial charge < -0.3 is 10.1 Å². The quantitative estimate of drug-likeness (QED) is 0.830. The summed E-state index contributed by atoms with van der Waals surface area (Å²) in [5.74, 6) is -0.504. The number of hydrogen-bond donors (Lipinski definition) is 1. The Labute approximate surface area is 141 Å². The standard InChI is InChI=1S/C16H13ClF3N3O/c1-2-15(10-21,11-4-3-7-22-9-11)23-12-5-6-14(13(17)8-12)24-16(18,19)20/h3-9,23H,2H2,1H3. The van der Waals surface area contributed by atoms with E-state index in [0.29, 0.717) is 17.7 Å². The van der Waals surface area contributed by atoms with Crippen molar-refractivity contribution in [3.63, 3.8) is 0 Å². The van der Waals surface area contributed by atoms with Gasteiger partial charge in [0.05, 0.1) is 11.1 Å². The summed E-state index contributed by atoms with van der Waals surface area (Å²) in [5, 5.41) is 12.4. The van der Waals surface area contributed by atoms with Crippen LogP contribution in [0, 0.1) is 11.3 Å². The van der Waals surface area contributed by atoms with Crippen LogP contribution >= 0.6 is 11.6 Å². The Balaban J connectivity index is 2.32. The van der Waals surface area contributed by atoms with Gasteiger partial charge in [-0.25, -0.2) is 0 Å². The van der Waals surface area contributed by atoms with Gasteiger partial charge in [0.1, 0.15) is 5.75 Å². The van der Waals surface area contributed by atoms with Crippen molar-refractivity contribution in [2.24, 2.45) is 0 Å². The van der Waals surface area contributed by atoms with Crippen molar-refractivity contribution < 1.29 is 17.9 Å². The van der Waals surface area contributed by atoms with Crippen LogP contribution in [0.2, 0.25) is 5.02 Å². The zero-order valence-electron chi connectivity index (χ0n) is 12.6. The SMILES string of the molecule is CCC(C#N)(Nc1ccc(OC(F)(F)F)c(Cl)c1)c1cccnc1. The summed E-state index contributed by atoms with van der Waals surface area (Å²) in [6.45, 7) is 1.81. The maximum Gasteiger partial charge on any atom is 0.573 e. The normalized spacial score (nSPS) is 13.7. The fourth-order valence-corrected chi connectivity index (χ4v) is 2.40. The van der Waals surface area contributed by atoms with Crippen molar-refractivity contribution in [1.29, 1.82) is 5.26 Å². The van der Waals surface area contributed by atoms with Crippen molar-refractivity contribution in [3.05, 3.63) is 53.3 Å². The molecule has 1 atom stereocenters. The van der Waals surface area contributed by atoms with Gasteiger partial charge in [0.15, 0.2) is 5.54 Å². The summed E-state index contributed by atoms with van der Waals surface area (Å²) in [6, 6.07) is 9.38. The molecular formula is C16H13ClF3N3O. The van der Waals surface area contributed by atoms with Crippen molar-refractivity contribution in [2.45, 2.75) is 25.2 Å². The lowest BCUT2D eigenvalue weighted by molar-refractivity contribution is -0.274. The number of alkyl halides is 3. The number of nitrogens with one attached hydrogen (secondary N) is 1. The summed E-state index contributed by atoms with van der Waals surface area (Å²) in [5.41, 5.74) is -0.0483. The van der Waals surface area contributed by atoms with Crippen molar-refractivity contribution in [3.8, 4) is 11.8 Å². The summed E-state index contributed by atoms with van der Waals surface area (Å²) < 4.78 is 40.7. The van der Waals surface area contributed by atoms with Gasteiger partial charge >= 0.3 is 6.36 Å². The van der Waals surface area contributed by atoms with Gasteiger partial charge in [0.25, 0.3) is 0 Å². The zero-order valence-corrected chi connectivity index (χ0v) is 13.3. The smallest absolute Gasteiger partial charge is 0.404 e. The molecule has 1 unspecified atom stereocenters. The van der Waals surface area contributed by atoms with E-state index in [9.17, 15) is 18.4 Å². The van der Waals surface area contributed by atoms with Gasteiger partial charge in [-0.15, -0.1) is 13.2 Å². The van der Waals surface area contributed by atoms with E-state index in [1.807, 2.05) is 6.92 Å². The number of hydrogen-bond acceptors (Lipinski definition) is 4. The largest absolute Gasteiger partial charge is 0.573 e. The van der Waals surface area contributed by atoms with E-state index in [4.69, 9.17) is 11.6 Å². The number of aromatic nitrogens is 1. The molecule has 0 aliphatic rings. The molecule has 1 aromatic carbocycles. The highest BCUT2D eigenvalue weighted by molar-refractivity contribution is 6.32. The Hall–Kier alpha value is -2.46. The third kappa shape index (κ3) is 4.09. The van der Waals surface area contributed by atoms with Gasteiger partial charge in [-0.3, -0.25) is 4.98 Å². The van der Waals surface area contributed by atoms with Crippen molar-refractivity contribution in [1.82, 2.24) is 4.98 Å². The monoisotopic (exact) mass is 355 g/mol. The molecule has 0 bridgehead atoms. The Morgan fingerprint density at radius 3 is 2.58 bits per heavy atom. The summed E-state index contributed by atoms with van der Waals surface area (Å²) in [4.78, 5) is 4.00. The molecule has 4 nitrogen and oxygen atoms in total. The molecule has 1 aromatic heterocycles. The average molecular weight is 356 g/mol. The van der Waals surface area contributed by atoms with E-state index in [0.717, 1.165) is 6.07 Å². The van der Waals surface area contributed by atoms with Crippen LogP contribution in [-0.2, 0) is 5.54 Å². The van der Waals surface area contributed by atoms with Crippen molar-refractivity contribution in [2.75, 3.05) is 5.32 Å². The highest BCUT2D eigenvalue weighted by Gasteiger charge is 2.33. The Morgan fingerprint density at radius 1 is 1.33 bits per heavy atom. The molecule has 0 saturated carbocycles. The molecule has 2 aromatic rings. The second-order valence-electron chi connectivity index (χ2n) is 4.93. The number of ether oxygens (including phenoxy) is 1. The number of halogens is 4. The first kappa shape index (κ1) is 17.9. The maximum absolute atomic E-state index is 12.3. The van der Waals surface area contributed by atoms with Crippen LogP contribution in [0.3, 0.4) is 0 Å². The highest BCUT2D eigenvalue weighted by Crippen LogP contribution is 2.35. The number of benzene rings is 1. The summed E-state index contributed by atoms with van der Waals surface area (Å²) in [6.07, 6.45) is -1.27. The Morgan fingerprint density at radius 2 is 2.08 bits per heavy atom. The lowest BCUT2D eigenvalue weighted by Gasteiger charge is -2.28. The van der Waals surface area contributed by atoms with Gasteiger partial charge in [-0.2, -0.15) is 5.26 Å². The molecule has 0 spiro atoms. The summed E-state index contributed by atoms with van der Waals surface area (Å²) in [7, 11) is 0. The lowest BCUT2D eigenvalue weighted by atomic mass is 9.89. The molecule has 1 heterocycles. The molecule has 0 amide bonds. The molecule has 8 heteroatoms. The highest BCUT2D eigenvalue weighted by atomic mass is 35.5. The Kier molecular flexibility index (Phi) is 5.20. The second-order valence-corrected chi connectivity index (χ2v) is 5.34. The van der Waals surface area contributed by atoms with Crippen LogP contribution in [0.4, 0.5) is 18.9 Å². The fraction of sp³-hybridized carbons (Fsp3) is 0.250. The van der Waals surface area contributed by atoms with Crippen LogP contribution in [0.1, 0.15) is 18.9 Å². The molecular weight excluding hydrogens is 343 g/mol. The van der Waals surface area contributed by atoms with E-state index in [-0.39, 0.29) is 5.02 Å². The number of nitrogens with zero attached hydrogens (tertiary/aromatic N) is 2. The molecule has 126 valence electrons. The van der Waals surface area contributed by atoms with E-state index < -0.39 is 17.7 Å². The van der Waals surface area contributed by atoms with E-state index in [1.54, 1.807) is 24.5 Å². The van der Waals surface area contributed by atoms with Crippen molar-refractivity contribution >= 4 is 17.3 Å². The zero-order chi connectivity index (χ0) is 17.8. The lowest BCUT2D eigenvalue weighted by Crippen LogP contribution is -2.33. The minimum absolute atomic E-state index is 0.216. The third-order valence-electron chi connectivity index (χ3n) is 3.39. The molecule has 0 aliphatic heterocycles. The van der Waals surface area contributed by atoms with Crippen LogP contribution < -0.4 is 10.1 Å². The molecule has 24 heavy (non-hydrogen) atoms.